The van der Waals surface area contributed by atoms with Gasteiger partial charge in [0.2, 0.25) is 0 Å². The lowest BCUT2D eigenvalue weighted by molar-refractivity contribution is 0.0970. The highest BCUT2D eigenvalue weighted by Crippen LogP contribution is 2.40. The van der Waals surface area contributed by atoms with Crippen LogP contribution in [0.2, 0.25) is 0 Å². The van der Waals surface area contributed by atoms with Gasteiger partial charge in [-0.25, -0.2) is 0 Å². The van der Waals surface area contributed by atoms with Crippen molar-refractivity contribution in [3.8, 4) is 11.5 Å². The Morgan fingerprint density at radius 1 is 1.08 bits per heavy atom. The molecule has 2 aromatic carbocycles. The molecule has 0 saturated carbocycles. The summed E-state index contributed by atoms with van der Waals surface area (Å²) >= 11 is 0. The first-order valence-corrected chi connectivity index (χ1v) is 8.48. The van der Waals surface area contributed by atoms with Gasteiger partial charge in [-0.2, -0.15) is 0 Å². The highest BCUT2D eigenvalue weighted by atomic mass is 16.3. The van der Waals surface area contributed by atoms with E-state index >= 15 is 0 Å². The Morgan fingerprint density at radius 3 is 2.69 bits per heavy atom. The summed E-state index contributed by atoms with van der Waals surface area (Å²) in [5.41, 5.74) is 3.05. The number of phenols is 2. The van der Waals surface area contributed by atoms with Gasteiger partial charge in [-0.05, 0) is 48.2 Å². The summed E-state index contributed by atoms with van der Waals surface area (Å²) in [5.74, 6) is -0.617. The fourth-order valence-corrected chi connectivity index (χ4v) is 3.52. The van der Waals surface area contributed by atoms with E-state index in [1.165, 1.54) is 18.2 Å². The number of carbonyl (C=O) groups is 1. The van der Waals surface area contributed by atoms with Gasteiger partial charge in [0, 0.05) is 24.1 Å². The standard InChI is InChI=1S/C21H18N2O3/c24-16-8-9-17(20(25)12-16)21(26)23-18-6-2-1-4-14(18)7-10-19(23)15-5-3-11-22-13-15/h1-6,8-9,11-13,19,24-25H,7,10H2. The quantitative estimate of drug-likeness (QED) is 0.740. The van der Waals surface area contributed by atoms with Crippen LogP contribution < -0.4 is 4.90 Å². The van der Waals surface area contributed by atoms with Crippen LogP contribution in [0.25, 0.3) is 0 Å². The first kappa shape index (κ1) is 16.1. The third-order valence-corrected chi connectivity index (χ3v) is 4.75. The summed E-state index contributed by atoms with van der Waals surface area (Å²) in [6, 6.07) is 15.5. The van der Waals surface area contributed by atoms with Crippen LogP contribution in [0.3, 0.4) is 0 Å². The smallest absolute Gasteiger partial charge is 0.262 e. The maximum atomic E-state index is 13.3. The number of rotatable bonds is 2. The zero-order valence-corrected chi connectivity index (χ0v) is 14.0. The Hall–Kier alpha value is -3.34. The number of nitrogens with zero attached hydrogens (tertiary/aromatic N) is 2. The molecular weight excluding hydrogens is 328 g/mol. The third-order valence-electron chi connectivity index (χ3n) is 4.75. The number of hydrogen-bond acceptors (Lipinski definition) is 4. The van der Waals surface area contributed by atoms with Crippen molar-refractivity contribution < 1.29 is 15.0 Å². The number of pyridine rings is 1. The van der Waals surface area contributed by atoms with Crippen LogP contribution in [-0.2, 0) is 6.42 Å². The number of fused-ring (bicyclic) bond motifs is 1. The maximum absolute atomic E-state index is 13.3. The second-order valence-corrected chi connectivity index (χ2v) is 6.35. The molecule has 26 heavy (non-hydrogen) atoms. The SMILES string of the molecule is O=C(c1ccc(O)cc1O)N1c2ccccc2CCC1c1cccnc1. The van der Waals surface area contributed by atoms with E-state index in [0.717, 1.165) is 29.7 Å². The van der Waals surface area contributed by atoms with E-state index in [2.05, 4.69) is 4.98 Å². The maximum Gasteiger partial charge on any atom is 0.262 e. The minimum absolute atomic E-state index is 0.0816. The van der Waals surface area contributed by atoms with Gasteiger partial charge in [0.15, 0.2) is 0 Å². The van der Waals surface area contributed by atoms with Crippen LogP contribution >= 0.6 is 0 Å². The van der Waals surface area contributed by atoms with E-state index in [-0.39, 0.29) is 29.0 Å². The summed E-state index contributed by atoms with van der Waals surface area (Å²) < 4.78 is 0. The molecule has 1 aliphatic heterocycles. The van der Waals surface area contributed by atoms with Crippen LogP contribution in [0.1, 0.15) is 33.9 Å². The van der Waals surface area contributed by atoms with E-state index in [1.807, 2.05) is 36.4 Å². The lowest BCUT2D eigenvalue weighted by Crippen LogP contribution is -2.38. The van der Waals surface area contributed by atoms with Gasteiger partial charge in [0.1, 0.15) is 11.5 Å². The fourth-order valence-electron chi connectivity index (χ4n) is 3.52. The van der Waals surface area contributed by atoms with E-state index in [9.17, 15) is 15.0 Å². The first-order chi connectivity index (χ1) is 12.6. The molecule has 0 saturated heterocycles. The van der Waals surface area contributed by atoms with E-state index in [1.54, 1.807) is 17.3 Å². The molecule has 0 aliphatic carbocycles. The zero-order valence-electron chi connectivity index (χ0n) is 14.0. The van der Waals surface area contributed by atoms with Crippen molar-refractivity contribution in [1.82, 2.24) is 4.98 Å². The Balaban J connectivity index is 1.83. The molecule has 1 amide bonds. The molecule has 0 spiro atoms. The second kappa shape index (κ2) is 6.52. The fraction of sp³-hybridized carbons (Fsp3) is 0.143. The van der Waals surface area contributed by atoms with Crippen LogP contribution in [0.5, 0.6) is 11.5 Å². The van der Waals surface area contributed by atoms with Crippen molar-refractivity contribution in [1.29, 1.82) is 0 Å². The topological polar surface area (TPSA) is 73.7 Å². The number of hydrogen-bond donors (Lipinski definition) is 2. The summed E-state index contributed by atoms with van der Waals surface area (Å²) in [6.45, 7) is 0. The molecule has 5 heteroatoms. The molecule has 1 atom stereocenters. The molecule has 1 aromatic heterocycles. The number of aryl methyl sites for hydroxylation is 1. The Kier molecular flexibility index (Phi) is 4.05. The van der Waals surface area contributed by atoms with Crippen LogP contribution in [0, 0.1) is 0 Å². The van der Waals surface area contributed by atoms with E-state index < -0.39 is 0 Å². The van der Waals surface area contributed by atoms with Gasteiger partial charge < -0.3 is 15.1 Å². The molecule has 4 rings (SSSR count). The van der Waals surface area contributed by atoms with Gasteiger partial charge in [-0.1, -0.05) is 24.3 Å². The molecule has 0 fully saturated rings. The molecule has 130 valence electrons. The average Bonchev–Trinajstić information content (AvgIpc) is 2.67. The van der Waals surface area contributed by atoms with Gasteiger partial charge in [0.25, 0.3) is 5.91 Å². The number of para-hydroxylation sites is 1. The number of amides is 1. The van der Waals surface area contributed by atoms with E-state index in [0.29, 0.717) is 0 Å². The molecule has 5 nitrogen and oxygen atoms in total. The number of phenolic OH excluding ortho intramolecular Hbond substituents is 2. The molecule has 0 bridgehead atoms. The summed E-state index contributed by atoms with van der Waals surface area (Å²) in [7, 11) is 0. The van der Waals surface area contributed by atoms with Gasteiger partial charge in [-0.3, -0.25) is 9.78 Å². The molecule has 3 aromatic rings. The minimum atomic E-state index is -0.302. The Bertz CT molecular complexity index is 956. The van der Waals surface area contributed by atoms with Crippen molar-refractivity contribution in [2.24, 2.45) is 0 Å². The van der Waals surface area contributed by atoms with E-state index in [4.69, 9.17) is 0 Å². The first-order valence-electron chi connectivity index (χ1n) is 8.48. The zero-order chi connectivity index (χ0) is 18.1. The molecule has 2 heterocycles. The van der Waals surface area contributed by atoms with Gasteiger partial charge >= 0.3 is 0 Å². The lowest BCUT2D eigenvalue weighted by Gasteiger charge is -2.37. The number of aromatic nitrogens is 1. The predicted octanol–water partition coefficient (Wildman–Crippen LogP) is 3.83. The number of aromatic hydroxyl groups is 2. The highest BCUT2D eigenvalue weighted by Gasteiger charge is 2.33. The monoisotopic (exact) mass is 346 g/mol. The Morgan fingerprint density at radius 2 is 1.92 bits per heavy atom. The summed E-state index contributed by atoms with van der Waals surface area (Å²) in [4.78, 5) is 19.3. The van der Waals surface area contributed by atoms with Crippen molar-refractivity contribution in [3.05, 3.63) is 83.7 Å². The largest absolute Gasteiger partial charge is 0.508 e. The molecule has 1 aliphatic rings. The predicted molar refractivity (Wildman–Crippen MR) is 98.3 cm³/mol. The summed E-state index contributed by atoms with van der Waals surface area (Å²) in [5, 5.41) is 19.7. The Labute approximate surface area is 151 Å². The van der Waals surface area contributed by atoms with Gasteiger partial charge in [0.05, 0.1) is 11.6 Å². The minimum Gasteiger partial charge on any atom is -0.508 e. The molecule has 1 unspecified atom stereocenters. The van der Waals surface area contributed by atoms with Crippen molar-refractivity contribution in [3.63, 3.8) is 0 Å². The normalized spacial score (nSPS) is 16.2. The van der Waals surface area contributed by atoms with Crippen LogP contribution in [0.15, 0.2) is 67.0 Å². The highest BCUT2D eigenvalue weighted by molar-refractivity contribution is 6.09. The lowest BCUT2D eigenvalue weighted by atomic mass is 9.91. The number of anilines is 1. The summed E-state index contributed by atoms with van der Waals surface area (Å²) in [6.07, 6.45) is 5.11. The molecule has 0 radical (unpaired) electrons. The van der Waals surface area contributed by atoms with Crippen molar-refractivity contribution >= 4 is 11.6 Å². The molecular formula is C21H18N2O3. The average molecular weight is 346 g/mol. The molecule has 2 N–H and O–H groups in total. The second-order valence-electron chi connectivity index (χ2n) is 6.35. The van der Waals surface area contributed by atoms with Crippen LogP contribution in [0.4, 0.5) is 5.69 Å². The van der Waals surface area contributed by atoms with Crippen molar-refractivity contribution in [2.75, 3.05) is 4.90 Å². The number of carbonyl (C=O) groups excluding carboxylic acids is 1. The van der Waals surface area contributed by atoms with Gasteiger partial charge in [-0.15, -0.1) is 0 Å². The third kappa shape index (κ3) is 2.77. The number of benzene rings is 2. The van der Waals surface area contributed by atoms with Crippen molar-refractivity contribution in [2.45, 2.75) is 18.9 Å². The van der Waals surface area contributed by atoms with Crippen LogP contribution in [-0.4, -0.2) is 21.1 Å².